The largest absolute Gasteiger partial charge is 0.394 e. The molecule has 3 N–H and O–H groups in total. The van der Waals surface area contributed by atoms with Crippen LogP contribution in [0.1, 0.15) is 11.1 Å². The number of carbonyl (C=O) groups excluding carboxylic acids is 1. The zero-order valence-electron chi connectivity index (χ0n) is 15.3. The Kier molecular flexibility index (Phi) is 7.83. The molecule has 2 aliphatic rings. The van der Waals surface area contributed by atoms with Crippen LogP contribution in [0.2, 0.25) is 0 Å². The molecule has 1 atom stereocenters. The molecule has 0 aromatic heterocycles. The van der Waals surface area contributed by atoms with Crippen molar-refractivity contribution in [1.82, 2.24) is 5.32 Å². The van der Waals surface area contributed by atoms with Gasteiger partial charge >= 0.3 is 0 Å². The molecule has 0 spiro atoms. The van der Waals surface area contributed by atoms with Crippen molar-refractivity contribution in [3.8, 4) is 0 Å². The number of para-hydroxylation sites is 1. The van der Waals surface area contributed by atoms with Crippen molar-refractivity contribution >= 4 is 47.8 Å². The Hall–Kier alpha value is -2.12. The molecule has 150 valence electrons. The number of benzene rings is 2. The van der Waals surface area contributed by atoms with Crippen LogP contribution >= 0.6 is 24.8 Å². The Morgan fingerprint density at radius 3 is 2.43 bits per heavy atom. The van der Waals surface area contributed by atoms with E-state index in [1.807, 2.05) is 48.5 Å². The van der Waals surface area contributed by atoms with Crippen LogP contribution in [0.3, 0.4) is 0 Å². The zero-order chi connectivity index (χ0) is 17.9. The van der Waals surface area contributed by atoms with E-state index in [4.69, 9.17) is 0 Å². The first kappa shape index (κ1) is 22.2. The van der Waals surface area contributed by atoms with Gasteiger partial charge in [-0.25, -0.2) is 0 Å². The summed E-state index contributed by atoms with van der Waals surface area (Å²) in [4.78, 5) is 19.5. The fraction of sp³-hybridized carbons (Fsp3) is 0.300. The SMILES string of the molecule is Cl.Cl.O=C1Nc2c(cccc2N2CCNCC2)C(c2ccccc2)=N[C@@H]1CO. The lowest BCUT2D eigenvalue weighted by molar-refractivity contribution is -0.118. The summed E-state index contributed by atoms with van der Waals surface area (Å²) < 4.78 is 0. The Morgan fingerprint density at radius 2 is 1.75 bits per heavy atom. The van der Waals surface area contributed by atoms with Crippen LogP contribution in [-0.4, -0.2) is 55.6 Å². The summed E-state index contributed by atoms with van der Waals surface area (Å²) in [6, 6.07) is 15.0. The number of hydrogen-bond donors (Lipinski definition) is 3. The molecule has 28 heavy (non-hydrogen) atoms. The Labute approximate surface area is 176 Å². The minimum absolute atomic E-state index is 0. The quantitative estimate of drug-likeness (QED) is 0.707. The first-order valence-corrected chi connectivity index (χ1v) is 8.92. The third kappa shape index (κ3) is 4.31. The number of anilines is 2. The minimum Gasteiger partial charge on any atom is -0.394 e. The van der Waals surface area contributed by atoms with Crippen molar-refractivity contribution in [3.63, 3.8) is 0 Å². The van der Waals surface area contributed by atoms with E-state index in [1.54, 1.807) is 0 Å². The van der Waals surface area contributed by atoms with Crippen LogP contribution in [0.25, 0.3) is 0 Å². The van der Waals surface area contributed by atoms with E-state index in [1.165, 1.54) is 0 Å². The van der Waals surface area contributed by atoms with Gasteiger partial charge in [-0.2, -0.15) is 0 Å². The van der Waals surface area contributed by atoms with E-state index in [-0.39, 0.29) is 37.3 Å². The molecule has 1 fully saturated rings. The highest BCUT2D eigenvalue weighted by Crippen LogP contribution is 2.34. The number of amides is 1. The number of nitrogens with one attached hydrogen (secondary N) is 2. The number of aliphatic hydroxyl groups is 1. The van der Waals surface area contributed by atoms with Gasteiger partial charge in [0, 0.05) is 37.3 Å². The van der Waals surface area contributed by atoms with Gasteiger partial charge in [0.15, 0.2) is 6.04 Å². The van der Waals surface area contributed by atoms with Gasteiger partial charge in [-0.1, -0.05) is 42.5 Å². The van der Waals surface area contributed by atoms with Crippen LogP contribution in [0, 0.1) is 0 Å². The number of benzodiazepines with no additional fused rings is 1. The number of halogens is 2. The first-order valence-electron chi connectivity index (χ1n) is 8.92. The molecule has 0 saturated carbocycles. The summed E-state index contributed by atoms with van der Waals surface area (Å²) in [6.45, 7) is 3.27. The lowest BCUT2D eigenvalue weighted by Crippen LogP contribution is -2.44. The average molecular weight is 423 g/mol. The Bertz CT molecular complexity index is 839. The van der Waals surface area contributed by atoms with E-state index in [0.717, 1.165) is 54.4 Å². The summed E-state index contributed by atoms with van der Waals surface area (Å²) in [7, 11) is 0. The average Bonchev–Trinajstić information content (AvgIpc) is 2.85. The summed E-state index contributed by atoms with van der Waals surface area (Å²) in [6.07, 6.45) is 0. The van der Waals surface area contributed by atoms with E-state index < -0.39 is 6.04 Å². The second-order valence-corrected chi connectivity index (χ2v) is 6.47. The Morgan fingerprint density at radius 1 is 1.04 bits per heavy atom. The maximum absolute atomic E-state index is 12.6. The molecule has 0 radical (unpaired) electrons. The van der Waals surface area contributed by atoms with E-state index in [2.05, 4.69) is 20.5 Å². The molecule has 2 heterocycles. The fourth-order valence-corrected chi connectivity index (χ4v) is 3.48. The molecule has 2 aromatic carbocycles. The van der Waals surface area contributed by atoms with Crippen molar-refractivity contribution in [2.45, 2.75) is 6.04 Å². The fourth-order valence-electron chi connectivity index (χ4n) is 3.48. The molecule has 0 aliphatic carbocycles. The zero-order valence-corrected chi connectivity index (χ0v) is 16.9. The van der Waals surface area contributed by atoms with E-state index in [9.17, 15) is 9.90 Å². The van der Waals surface area contributed by atoms with Crippen molar-refractivity contribution in [1.29, 1.82) is 0 Å². The number of aliphatic hydroxyl groups excluding tert-OH is 1. The lowest BCUT2D eigenvalue weighted by Gasteiger charge is -2.31. The smallest absolute Gasteiger partial charge is 0.251 e. The highest BCUT2D eigenvalue weighted by atomic mass is 35.5. The monoisotopic (exact) mass is 422 g/mol. The lowest BCUT2D eigenvalue weighted by atomic mass is 9.99. The maximum atomic E-state index is 12.6. The number of hydrogen-bond acceptors (Lipinski definition) is 5. The van der Waals surface area contributed by atoms with Crippen molar-refractivity contribution in [2.24, 2.45) is 4.99 Å². The van der Waals surface area contributed by atoms with Crippen molar-refractivity contribution < 1.29 is 9.90 Å². The summed E-state index contributed by atoms with van der Waals surface area (Å²) in [5.74, 6) is -0.276. The number of piperazine rings is 1. The molecule has 2 aliphatic heterocycles. The van der Waals surface area contributed by atoms with Gasteiger partial charge in [0.25, 0.3) is 5.91 Å². The molecule has 0 unspecified atom stereocenters. The third-order valence-corrected chi connectivity index (χ3v) is 4.81. The van der Waals surface area contributed by atoms with E-state index in [0.29, 0.717) is 0 Å². The molecular weight excluding hydrogens is 399 g/mol. The van der Waals surface area contributed by atoms with Crippen LogP contribution in [0.4, 0.5) is 11.4 Å². The second kappa shape index (κ2) is 9.89. The van der Waals surface area contributed by atoms with Crippen LogP contribution < -0.4 is 15.5 Å². The molecule has 8 heteroatoms. The topological polar surface area (TPSA) is 77.0 Å². The summed E-state index contributed by atoms with van der Waals surface area (Å²) in [5, 5.41) is 16.0. The molecule has 0 bridgehead atoms. The van der Waals surface area contributed by atoms with Gasteiger partial charge in [0.05, 0.1) is 23.7 Å². The second-order valence-electron chi connectivity index (χ2n) is 6.47. The van der Waals surface area contributed by atoms with Gasteiger partial charge in [-0.15, -0.1) is 24.8 Å². The standard InChI is InChI=1S/C20H22N4O2.2ClH/c25-13-16-20(26)23-19-15(18(22-16)14-5-2-1-3-6-14)7-4-8-17(19)24-11-9-21-10-12-24;;/h1-8,16,21,25H,9-13H2,(H,23,26);2*1H/t16-;;/m1../s1. The van der Waals surface area contributed by atoms with Crippen molar-refractivity contribution in [2.75, 3.05) is 43.0 Å². The molecule has 6 nitrogen and oxygen atoms in total. The number of rotatable bonds is 3. The van der Waals surface area contributed by atoms with Gasteiger partial charge in [0.1, 0.15) is 0 Å². The molecule has 2 aromatic rings. The minimum atomic E-state index is -0.812. The predicted molar refractivity (Wildman–Crippen MR) is 118 cm³/mol. The van der Waals surface area contributed by atoms with Gasteiger partial charge in [0.2, 0.25) is 0 Å². The van der Waals surface area contributed by atoms with Crippen LogP contribution in [0.5, 0.6) is 0 Å². The van der Waals surface area contributed by atoms with Gasteiger partial charge in [-0.3, -0.25) is 9.79 Å². The number of aliphatic imine (C=N–C) groups is 1. The van der Waals surface area contributed by atoms with Gasteiger partial charge < -0.3 is 20.6 Å². The number of nitrogens with zero attached hydrogens (tertiary/aromatic N) is 2. The summed E-state index contributed by atoms with van der Waals surface area (Å²) >= 11 is 0. The maximum Gasteiger partial charge on any atom is 0.251 e. The van der Waals surface area contributed by atoms with Crippen LogP contribution in [-0.2, 0) is 4.79 Å². The van der Waals surface area contributed by atoms with Crippen LogP contribution in [0.15, 0.2) is 53.5 Å². The van der Waals surface area contributed by atoms with Crippen molar-refractivity contribution in [3.05, 3.63) is 59.7 Å². The molecule has 4 rings (SSSR count). The number of fused-ring (bicyclic) bond motifs is 1. The highest BCUT2D eigenvalue weighted by molar-refractivity contribution is 6.21. The third-order valence-electron chi connectivity index (χ3n) is 4.81. The summed E-state index contributed by atoms with van der Waals surface area (Å²) in [5.41, 5.74) is 4.32. The first-order chi connectivity index (χ1) is 12.8. The van der Waals surface area contributed by atoms with Gasteiger partial charge in [-0.05, 0) is 6.07 Å². The molecule has 1 amide bonds. The molecular formula is C20H24Cl2N4O2. The predicted octanol–water partition coefficient (Wildman–Crippen LogP) is 2.09. The molecule has 1 saturated heterocycles. The number of carbonyl (C=O) groups is 1. The Balaban J connectivity index is 0.00000140. The van der Waals surface area contributed by atoms with E-state index >= 15 is 0 Å². The normalized spacial score (nSPS) is 18.6. The highest BCUT2D eigenvalue weighted by Gasteiger charge is 2.28.